The van der Waals surface area contributed by atoms with Gasteiger partial charge in [0, 0.05) is 12.7 Å². The minimum Gasteiger partial charge on any atom is -0.396 e. The van der Waals surface area contributed by atoms with E-state index in [9.17, 15) is 4.79 Å². The Morgan fingerprint density at radius 2 is 2.24 bits per heavy atom. The van der Waals surface area contributed by atoms with Crippen molar-refractivity contribution in [2.45, 2.75) is 38.5 Å². The number of nitrogens with zero attached hydrogens (tertiary/aromatic N) is 1. The van der Waals surface area contributed by atoms with Crippen LogP contribution in [0.15, 0.2) is 18.3 Å². The second-order valence-electron chi connectivity index (χ2n) is 5.74. The van der Waals surface area contributed by atoms with Gasteiger partial charge in [0.25, 0.3) is 5.91 Å². The number of carbonyl (C=O) groups is 1. The van der Waals surface area contributed by atoms with Crippen molar-refractivity contribution in [3.05, 3.63) is 23.2 Å². The third-order valence-electron chi connectivity index (χ3n) is 4.24. The molecule has 4 nitrogen and oxygen atoms in total. The number of hydrogen-bond acceptors (Lipinski definition) is 4. The van der Waals surface area contributed by atoms with Crippen LogP contribution >= 0.6 is 11.3 Å². The van der Waals surface area contributed by atoms with Gasteiger partial charge in [-0.2, -0.15) is 0 Å². The van der Waals surface area contributed by atoms with Gasteiger partial charge in [-0.25, -0.2) is 0 Å². The van der Waals surface area contributed by atoms with Gasteiger partial charge in [0.15, 0.2) is 0 Å². The van der Waals surface area contributed by atoms with Crippen LogP contribution in [0.2, 0.25) is 0 Å². The summed E-state index contributed by atoms with van der Waals surface area (Å²) in [6, 6.07) is 3.81. The van der Waals surface area contributed by atoms with E-state index in [1.165, 1.54) is 43.4 Å². The smallest absolute Gasteiger partial charge is 0.263 e. The number of thiophene rings is 1. The Hall–Kier alpha value is -1.62. The molecule has 1 aliphatic rings. The van der Waals surface area contributed by atoms with Gasteiger partial charge in [0.2, 0.25) is 0 Å². The van der Waals surface area contributed by atoms with Gasteiger partial charge in [-0.1, -0.05) is 25.7 Å². The monoisotopic (exact) mass is 303 g/mol. The largest absolute Gasteiger partial charge is 0.396 e. The zero-order chi connectivity index (χ0) is 14.7. The topological polar surface area (TPSA) is 68.0 Å². The summed E-state index contributed by atoms with van der Waals surface area (Å²) in [6.07, 6.45) is 9.47. The number of nitrogen functional groups attached to an aromatic ring is 1. The van der Waals surface area contributed by atoms with E-state index in [-0.39, 0.29) is 5.91 Å². The number of pyridine rings is 1. The van der Waals surface area contributed by atoms with Crippen molar-refractivity contribution in [3.63, 3.8) is 0 Å². The fourth-order valence-corrected chi connectivity index (χ4v) is 4.09. The molecule has 112 valence electrons. The van der Waals surface area contributed by atoms with Crippen LogP contribution in [0, 0.1) is 5.92 Å². The first kappa shape index (κ1) is 14.3. The maximum atomic E-state index is 12.2. The van der Waals surface area contributed by atoms with Crippen molar-refractivity contribution < 1.29 is 4.79 Å². The fraction of sp³-hybridized carbons (Fsp3) is 0.500. The molecule has 5 heteroatoms. The lowest BCUT2D eigenvalue weighted by Crippen LogP contribution is -2.24. The molecule has 0 bridgehead atoms. The van der Waals surface area contributed by atoms with E-state index in [4.69, 9.17) is 5.73 Å². The third kappa shape index (κ3) is 3.18. The van der Waals surface area contributed by atoms with Crippen LogP contribution in [0.4, 0.5) is 5.69 Å². The van der Waals surface area contributed by atoms with E-state index in [0.717, 1.165) is 29.1 Å². The van der Waals surface area contributed by atoms with Gasteiger partial charge >= 0.3 is 0 Å². The summed E-state index contributed by atoms with van der Waals surface area (Å²) in [4.78, 5) is 17.0. The number of anilines is 1. The number of aromatic nitrogens is 1. The highest BCUT2D eigenvalue weighted by molar-refractivity contribution is 7.21. The molecule has 0 unspecified atom stereocenters. The van der Waals surface area contributed by atoms with Gasteiger partial charge in [-0.15, -0.1) is 11.3 Å². The summed E-state index contributed by atoms with van der Waals surface area (Å²) >= 11 is 1.42. The quantitative estimate of drug-likeness (QED) is 0.830. The molecule has 0 aromatic carbocycles. The Bertz CT molecular complexity index is 631. The number of nitrogens with two attached hydrogens (primary N) is 1. The Morgan fingerprint density at radius 1 is 1.43 bits per heavy atom. The highest BCUT2D eigenvalue weighted by atomic mass is 32.1. The zero-order valence-corrected chi connectivity index (χ0v) is 12.9. The van der Waals surface area contributed by atoms with Crippen molar-refractivity contribution >= 4 is 33.1 Å². The Balaban J connectivity index is 1.55. The molecule has 2 aromatic heterocycles. The van der Waals surface area contributed by atoms with Gasteiger partial charge in [-0.05, 0) is 30.9 Å². The molecule has 1 fully saturated rings. The van der Waals surface area contributed by atoms with E-state index >= 15 is 0 Å². The van der Waals surface area contributed by atoms with Crippen LogP contribution in [-0.4, -0.2) is 17.4 Å². The summed E-state index contributed by atoms with van der Waals surface area (Å²) in [5, 5.41) is 2.99. The minimum absolute atomic E-state index is 0.0677. The second kappa shape index (κ2) is 6.43. The normalized spacial score (nSPS) is 15.6. The number of fused-ring (bicyclic) bond motifs is 1. The molecule has 2 aromatic rings. The van der Waals surface area contributed by atoms with E-state index in [1.54, 1.807) is 6.20 Å². The molecule has 21 heavy (non-hydrogen) atoms. The van der Waals surface area contributed by atoms with Crippen LogP contribution in [0.25, 0.3) is 10.2 Å². The summed E-state index contributed by atoms with van der Waals surface area (Å²) in [7, 11) is 0. The summed E-state index contributed by atoms with van der Waals surface area (Å²) in [5.41, 5.74) is 7.27. The summed E-state index contributed by atoms with van der Waals surface area (Å²) < 4.78 is 0.964. The molecule has 0 spiro atoms. The molecule has 0 saturated heterocycles. The number of hydrogen-bond donors (Lipinski definition) is 2. The van der Waals surface area contributed by atoms with Crippen molar-refractivity contribution in [1.82, 2.24) is 10.3 Å². The number of carbonyl (C=O) groups excluding carboxylic acids is 1. The lowest BCUT2D eigenvalue weighted by Gasteiger charge is -2.09. The molecule has 2 heterocycles. The molecule has 3 N–H and O–H groups in total. The predicted octanol–water partition coefficient (Wildman–Crippen LogP) is 3.58. The Kier molecular flexibility index (Phi) is 4.39. The standard InChI is InChI=1S/C16H21N3OS/c17-13-14-12(8-4-9-18-14)21-15(13)16(20)19-10-3-7-11-5-1-2-6-11/h4,8-9,11H,1-3,5-7,10,17H2,(H,19,20). The van der Waals surface area contributed by atoms with Gasteiger partial charge in [0.05, 0.1) is 10.4 Å². The van der Waals surface area contributed by atoms with Crippen molar-refractivity contribution in [2.75, 3.05) is 12.3 Å². The first-order valence-corrected chi connectivity index (χ1v) is 8.48. The van der Waals surface area contributed by atoms with Gasteiger partial charge in [-0.3, -0.25) is 9.78 Å². The van der Waals surface area contributed by atoms with E-state index in [1.807, 2.05) is 12.1 Å². The molecule has 3 rings (SSSR count). The average Bonchev–Trinajstić information content (AvgIpc) is 3.12. The number of nitrogens with one attached hydrogen (secondary N) is 1. The lowest BCUT2D eigenvalue weighted by atomic mass is 10.0. The molecule has 0 radical (unpaired) electrons. The van der Waals surface area contributed by atoms with Crippen LogP contribution in [-0.2, 0) is 0 Å². The van der Waals surface area contributed by atoms with Crippen LogP contribution in [0.1, 0.15) is 48.2 Å². The van der Waals surface area contributed by atoms with E-state index < -0.39 is 0 Å². The second-order valence-corrected chi connectivity index (χ2v) is 6.80. The predicted molar refractivity (Wildman–Crippen MR) is 87.6 cm³/mol. The SMILES string of the molecule is Nc1c(C(=O)NCCCC2CCCC2)sc2cccnc12. The maximum Gasteiger partial charge on any atom is 0.263 e. The molecule has 1 aliphatic carbocycles. The highest BCUT2D eigenvalue weighted by Gasteiger charge is 2.17. The van der Waals surface area contributed by atoms with E-state index in [0.29, 0.717) is 10.6 Å². The van der Waals surface area contributed by atoms with Gasteiger partial charge < -0.3 is 11.1 Å². The van der Waals surface area contributed by atoms with Crippen molar-refractivity contribution in [1.29, 1.82) is 0 Å². The summed E-state index contributed by atoms with van der Waals surface area (Å²) in [5.74, 6) is 0.808. The third-order valence-corrected chi connectivity index (χ3v) is 5.40. The number of amides is 1. The highest BCUT2D eigenvalue weighted by Crippen LogP contribution is 2.32. The summed E-state index contributed by atoms with van der Waals surface area (Å²) in [6.45, 7) is 0.733. The Labute approximate surface area is 128 Å². The molecule has 1 saturated carbocycles. The molecular formula is C16H21N3OS. The van der Waals surface area contributed by atoms with Crippen LogP contribution in [0.3, 0.4) is 0 Å². The molecule has 1 amide bonds. The zero-order valence-electron chi connectivity index (χ0n) is 12.1. The Morgan fingerprint density at radius 3 is 3.00 bits per heavy atom. The maximum absolute atomic E-state index is 12.2. The first-order valence-electron chi connectivity index (χ1n) is 7.67. The molecule has 0 atom stereocenters. The fourth-order valence-electron chi connectivity index (χ4n) is 3.09. The average molecular weight is 303 g/mol. The van der Waals surface area contributed by atoms with Crippen molar-refractivity contribution in [2.24, 2.45) is 5.92 Å². The molecular weight excluding hydrogens is 282 g/mol. The molecule has 0 aliphatic heterocycles. The van der Waals surface area contributed by atoms with Gasteiger partial charge in [0.1, 0.15) is 10.4 Å². The van der Waals surface area contributed by atoms with Crippen LogP contribution < -0.4 is 11.1 Å². The first-order chi connectivity index (χ1) is 10.3. The number of rotatable bonds is 5. The lowest BCUT2D eigenvalue weighted by molar-refractivity contribution is 0.0957. The van der Waals surface area contributed by atoms with E-state index in [2.05, 4.69) is 10.3 Å². The minimum atomic E-state index is -0.0677. The van der Waals surface area contributed by atoms with Crippen molar-refractivity contribution in [3.8, 4) is 0 Å². The van der Waals surface area contributed by atoms with Crippen LogP contribution in [0.5, 0.6) is 0 Å².